The average Bonchev–Trinajstić information content (AvgIpc) is 3.10. The molecular formula is C20H20N4O3. The summed E-state index contributed by atoms with van der Waals surface area (Å²) in [5, 5.41) is 12.3. The molecule has 7 heteroatoms. The summed E-state index contributed by atoms with van der Waals surface area (Å²) in [5.41, 5.74) is 3.38. The number of aromatic nitrogens is 1. The smallest absolute Gasteiger partial charge is 0.292 e. The van der Waals surface area contributed by atoms with E-state index in [4.69, 9.17) is 0 Å². The summed E-state index contributed by atoms with van der Waals surface area (Å²) in [5.74, 6) is -0.0361. The number of fused-ring (bicyclic) bond motifs is 1. The molecule has 1 saturated heterocycles. The van der Waals surface area contributed by atoms with Gasteiger partial charge in [-0.25, -0.2) is 0 Å². The lowest BCUT2D eigenvalue weighted by Crippen LogP contribution is -2.49. The van der Waals surface area contributed by atoms with E-state index in [1.807, 2.05) is 36.1 Å². The van der Waals surface area contributed by atoms with Gasteiger partial charge in [0.1, 0.15) is 11.4 Å². The number of carbonyl (C=O) groups is 1. The lowest BCUT2D eigenvalue weighted by atomic mass is 10.2. The zero-order valence-corrected chi connectivity index (χ0v) is 15.0. The van der Waals surface area contributed by atoms with Gasteiger partial charge in [0.15, 0.2) is 0 Å². The molecule has 4 rings (SSSR count). The topological polar surface area (TPSA) is 82.5 Å². The molecule has 1 aliphatic rings. The Bertz CT molecular complexity index is 1020. The minimum atomic E-state index is -0.362. The Balaban J connectivity index is 1.48. The summed E-state index contributed by atoms with van der Waals surface area (Å²) in [6.45, 7) is 4.20. The van der Waals surface area contributed by atoms with Gasteiger partial charge in [-0.2, -0.15) is 0 Å². The Labute approximate surface area is 156 Å². The number of nitrogens with one attached hydrogen (secondary N) is 1. The molecule has 0 bridgehead atoms. The molecule has 1 aromatic heterocycles. The largest absolute Gasteiger partial charge is 0.362 e. The van der Waals surface area contributed by atoms with Gasteiger partial charge >= 0.3 is 0 Å². The molecule has 0 spiro atoms. The van der Waals surface area contributed by atoms with E-state index in [1.54, 1.807) is 23.1 Å². The van der Waals surface area contributed by atoms with Gasteiger partial charge < -0.3 is 14.8 Å². The monoisotopic (exact) mass is 364 g/mol. The molecule has 1 N–H and O–H groups in total. The van der Waals surface area contributed by atoms with Gasteiger partial charge in [-0.1, -0.05) is 24.3 Å². The van der Waals surface area contributed by atoms with Crippen LogP contribution >= 0.6 is 0 Å². The molecule has 0 unspecified atom stereocenters. The van der Waals surface area contributed by atoms with Crippen LogP contribution in [0.3, 0.4) is 0 Å². The Hall–Kier alpha value is -3.35. The van der Waals surface area contributed by atoms with Crippen LogP contribution in [0.1, 0.15) is 16.1 Å². The van der Waals surface area contributed by atoms with Gasteiger partial charge in [-0.15, -0.1) is 0 Å². The van der Waals surface area contributed by atoms with E-state index in [0.717, 1.165) is 16.5 Å². The molecule has 2 heterocycles. The zero-order valence-electron chi connectivity index (χ0n) is 15.0. The minimum Gasteiger partial charge on any atom is -0.362 e. The number of nitro benzene ring substituents is 1. The summed E-state index contributed by atoms with van der Waals surface area (Å²) in [4.78, 5) is 30.7. The molecule has 2 aromatic carbocycles. The first-order chi connectivity index (χ1) is 13.0. The van der Waals surface area contributed by atoms with Gasteiger partial charge in [0.05, 0.1) is 4.92 Å². The Morgan fingerprint density at radius 2 is 1.81 bits per heavy atom. The van der Waals surface area contributed by atoms with E-state index in [9.17, 15) is 14.9 Å². The molecule has 7 nitrogen and oxygen atoms in total. The highest BCUT2D eigenvalue weighted by Gasteiger charge is 2.26. The van der Waals surface area contributed by atoms with E-state index in [-0.39, 0.29) is 16.5 Å². The van der Waals surface area contributed by atoms with Gasteiger partial charge in [0, 0.05) is 43.1 Å². The van der Waals surface area contributed by atoms with E-state index in [1.165, 1.54) is 6.07 Å². The van der Waals surface area contributed by atoms with Crippen LogP contribution < -0.4 is 4.90 Å². The number of amides is 1. The second-order valence-corrected chi connectivity index (χ2v) is 6.80. The number of H-pyrrole nitrogens is 1. The number of hydrogen-bond donors (Lipinski definition) is 1. The molecule has 1 amide bonds. The van der Waals surface area contributed by atoms with Crippen LogP contribution in [0.25, 0.3) is 10.9 Å². The summed E-state index contributed by atoms with van der Waals surface area (Å²) >= 11 is 0. The first kappa shape index (κ1) is 17.1. The van der Waals surface area contributed by atoms with E-state index >= 15 is 0 Å². The molecule has 0 aliphatic carbocycles. The highest BCUT2D eigenvalue weighted by Crippen LogP contribution is 2.28. The predicted octanol–water partition coefficient (Wildman–Crippen LogP) is 3.35. The third-order valence-corrected chi connectivity index (χ3v) is 4.99. The highest BCUT2D eigenvalue weighted by atomic mass is 16.6. The number of nitrogens with zero attached hydrogens (tertiary/aromatic N) is 3. The Morgan fingerprint density at radius 3 is 2.56 bits per heavy atom. The number of nitro groups is 1. The van der Waals surface area contributed by atoms with Crippen LogP contribution in [0.5, 0.6) is 0 Å². The summed E-state index contributed by atoms with van der Waals surface area (Å²) in [6.07, 6.45) is 0. The number of carbonyl (C=O) groups excluding carboxylic acids is 1. The molecule has 27 heavy (non-hydrogen) atoms. The molecule has 0 atom stereocenters. The van der Waals surface area contributed by atoms with Crippen LogP contribution in [0.4, 0.5) is 11.4 Å². The molecule has 1 aliphatic heterocycles. The summed E-state index contributed by atoms with van der Waals surface area (Å²) in [7, 11) is 0. The van der Waals surface area contributed by atoms with Crippen LogP contribution in [0, 0.1) is 17.0 Å². The quantitative estimate of drug-likeness (QED) is 0.571. The third-order valence-electron chi connectivity index (χ3n) is 4.99. The number of anilines is 1. The van der Waals surface area contributed by atoms with Crippen molar-refractivity contribution in [3.63, 3.8) is 0 Å². The molecule has 1 fully saturated rings. The number of hydrogen-bond acceptors (Lipinski definition) is 4. The van der Waals surface area contributed by atoms with Gasteiger partial charge in [0.2, 0.25) is 0 Å². The fraction of sp³-hybridized carbons (Fsp3) is 0.250. The summed E-state index contributed by atoms with van der Waals surface area (Å²) in [6, 6.07) is 14.7. The Morgan fingerprint density at radius 1 is 1.07 bits per heavy atom. The minimum absolute atomic E-state index is 0.0361. The first-order valence-electron chi connectivity index (χ1n) is 8.90. The standard InChI is InChI=1S/C20H20N4O3/c1-14-6-7-15-13-17(21-16(15)12-14)20(25)23-10-8-22(9-11-23)18-4-2-3-5-19(18)24(26)27/h2-7,12-13,21H,8-11H2,1H3. The van der Waals surface area contributed by atoms with Crippen LogP contribution in [-0.2, 0) is 0 Å². The SMILES string of the molecule is Cc1ccc2cc(C(=O)N3CCN(c4ccccc4[N+](=O)[O-])CC3)[nH]c2c1. The molecule has 3 aromatic rings. The number of rotatable bonds is 3. The van der Waals surface area contributed by atoms with Crippen molar-refractivity contribution in [2.45, 2.75) is 6.92 Å². The van der Waals surface area contributed by atoms with Crippen molar-refractivity contribution >= 4 is 28.2 Å². The predicted molar refractivity (Wildman–Crippen MR) is 104 cm³/mol. The van der Waals surface area contributed by atoms with Crippen molar-refractivity contribution in [3.8, 4) is 0 Å². The second kappa shape index (κ2) is 6.75. The van der Waals surface area contributed by atoms with Crippen molar-refractivity contribution in [1.29, 1.82) is 0 Å². The van der Waals surface area contributed by atoms with Crippen LogP contribution in [0.2, 0.25) is 0 Å². The fourth-order valence-electron chi connectivity index (χ4n) is 3.56. The number of aromatic amines is 1. The maximum atomic E-state index is 12.8. The normalized spacial score (nSPS) is 14.6. The average molecular weight is 364 g/mol. The van der Waals surface area contributed by atoms with Crippen molar-refractivity contribution in [1.82, 2.24) is 9.88 Å². The van der Waals surface area contributed by atoms with Gasteiger partial charge in [0.25, 0.3) is 11.6 Å². The van der Waals surface area contributed by atoms with Crippen LogP contribution in [-0.4, -0.2) is 46.9 Å². The Kier molecular flexibility index (Phi) is 4.27. The first-order valence-corrected chi connectivity index (χ1v) is 8.90. The number of piperazine rings is 1. The highest BCUT2D eigenvalue weighted by molar-refractivity contribution is 5.98. The molecule has 0 radical (unpaired) electrons. The van der Waals surface area contributed by atoms with Crippen LogP contribution in [0.15, 0.2) is 48.5 Å². The van der Waals surface area contributed by atoms with Gasteiger partial charge in [-0.05, 0) is 30.7 Å². The van der Waals surface area contributed by atoms with E-state index in [2.05, 4.69) is 4.98 Å². The second-order valence-electron chi connectivity index (χ2n) is 6.80. The number of aryl methyl sites for hydroxylation is 1. The van der Waals surface area contributed by atoms with Crippen molar-refractivity contribution in [2.75, 3.05) is 31.1 Å². The van der Waals surface area contributed by atoms with Gasteiger partial charge in [-0.3, -0.25) is 14.9 Å². The zero-order chi connectivity index (χ0) is 19.0. The van der Waals surface area contributed by atoms with Crippen molar-refractivity contribution < 1.29 is 9.72 Å². The fourth-order valence-corrected chi connectivity index (χ4v) is 3.56. The molecule has 138 valence electrons. The lowest BCUT2D eigenvalue weighted by Gasteiger charge is -2.35. The summed E-state index contributed by atoms with van der Waals surface area (Å²) < 4.78 is 0. The third kappa shape index (κ3) is 3.23. The molecule has 0 saturated carbocycles. The van der Waals surface area contributed by atoms with Crippen molar-refractivity contribution in [3.05, 3.63) is 69.9 Å². The van der Waals surface area contributed by atoms with Crippen molar-refractivity contribution in [2.24, 2.45) is 0 Å². The maximum absolute atomic E-state index is 12.8. The number of para-hydroxylation sites is 2. The molecular weight excluding hydrogens is 344 g/mol. The lowest BCUT2D eigenvalue weighted by molar-refractivity contribution is -0.384. The number of benzene rings is 2. The van der Waals surface area contributed by atoms with E-state index < -0.39 is 0 Å². The van der Waals surface area contributed by atoms with E-state index in [0.29, 0.717) is 37.6 Å². The maximum Gasteiger partial charge on any atom is 0.292 e.